The molecule has 2 heteroatoms. The molecule has 1 nitrogen and oxygen atoms in total. The Morgan fingerprint density at radius 3 is 2.05 bits per heavy atom. The fraction of sp³-hybridized carbons (Fsp3) is 0.368. The lowest BCUT2D eigenvalue weighted by Gasteiger charge is -2.24. The lowest BCUT2D eigenvalue weighted by molar-refractivity contribution is 0.409. The maximum Gasteiger partial charge on any atom is 0.123 e. The van der Waals surface area contributed by atoms with Crippen LogP contribution in [0.1, 0.15) is 42.1 Å². The number of nitrogens with one attached hydrogen (secondary N) is 1. The Kier molecular flexibility index (Phi) is 5.13. The third-order valence-electron chi connectivity index (χ3n) is 4.04. The van der Waals surface area contributed by atoms with Crippen molar-refractivity contribution in [2.24, 2.45) is 5.92 Å². The Bertz CT molecular complexity index is 567. The van der Waals surface area contributed by atoms with E-state index in [1.807, 2.05) is 12.1 Å². The van der Waals surface area contributed by atoms with E-state index >= 15 is 0 Å². The highest BCUT2D eigenvalue weighted by Crippen LogP contribution is 2.23. The molecule has 1 unspecified atom stereocenters. The smallest absolute Gasteiger partial charge is 0.123 e. The minimum Gasteiger partial charge on any atom is -0.306 e. The van der Waals surface area contributed by atoms with Crippen molar-refractivity contribution in [3.05, 3.63) is 70.5 Å². The second-order valence-corrected chi connectivity index (χ2v) is 6.02. The molecule has 0 spiro atoms. The highest BCUT2D eigenvalue weighted by Gasteiger charge is 2.16. The molecule has 0 saturated heterocycles. The van der Waals surface area contributed by atoms with E-state index in [0.717, 1.165) is 12.1 Å². The summed E-state index contributed by atoms with van der Waals surface area (Å²) in [5.41, 5.74) is 5.11. The van der Waals surface area contributed by atoms with E-state index in [1.54, 1.807) is 0 Å². The van der Waals surface area contributed by atoms with E-state index in [1.165, 1.54) is 28.8 Å². The summed E-state index contributed by atoms with van der Waals surface area (Å²) in [5.74, 6) is 0.260. The summed E-state index contributed by atoms with van der Waals surface area (Å²) >= 11 is 0. The first-order valence-corrected chi connectivity index (χ1v) is 7.53. The second-order valence-electron chi connectivity index (χ2n) is 6.02. The van der Waals surface area contributed by atoms with Crippen LogP contribution in [0, 0.1) is 25.6 Å². The number of halogens is 1. The van der Waals surface area contributed by atoms with Gasteiger partial charge in [-0.3, -0.25) is 0 Å². The monoisotopic (exact) mass is 285 g/mol. The van der Waals surface area contributed by atoms with Gasteiger partial charge in [0.15, 0.2) is 0 Å². The van der Waals surface area contributed by atoms with Crippen LogP contribution < -0.4 is 5.32 Å². The fourth-order valence-corrected chi connectivity index (χ4v) is 2.75. The van der Waals surface area contributed by atoms with Gasteiger partial charge in [-0.15, -0.1) is 0 Å². The molecule has 2 rings (SSSR count). The van der Waals surface area contributed by atoms with Crippen LogP contribution in [-0.4, -0.2) is 0 Å². The maximum atomic E-state index is 13.1. The molecule has 0 fully saturated rings. The van der Waals surface area contributed by atoms with Crippen molar-refractivity contribution in [2.45, 2.75) is 40.3 Å². The molecule has 0 bridgehead atoms. The molecular formula is C19H24FN. The van der Waals surface area contributed by atoms with Gasteiger partial charge in [-0.25, -0.2) is 4.39 Å². The number of hydrogen-bond donors (Lipinski definition) is 1. The highest BCUT2D eigenvalue weighted by atomic mass is 19.1. The zero-order chi connectivity index (χ0) is 15.4. The normalized spacial score (nSPS) is 12.7. The lowest BCUT2D eigenvalue weighted by atomic mass is 9.95. The van der Waals surface area contributed by atoms with E-state index < -0.39 is 0 Å². The van der Waals surface area contributed by atoms with Gasteiger partial charge in [-0.05, 0) is 54.2 Å². The minimum absolute atomic E-state index is 0.184. The Labute approximate surface area is 127 Å². The first-order valence-electron chi connectivity index (χ1n) is 7.53. The van der Waals surface area contributed by atoms with Crippen LogP contribution in [0.2, 0.25) is 0 Å². The van der Waals surface area contributed by atoms with Crippen molar-refractivity contribution in [3.63, 3.8) is 0 Å². The molecule has 21 heavy (non-hydrogen) atoms. The van der Waals surface area contributed by atoms with E-state index in [4.69, 9.17) is 0 Å². The Hall–Kier alpha value is -1.67. The lowest BCUT2D eigenvalue weighted by Crippen LogP contribution is -2.26. The van der Waals surface area contributed by atoms with Crippen molar-refractivity contribution in [1.82, 2.24) is 5.32 Å². The van der Waals surface area contributed by atoms with Crippen molar-refractivity contribution < 1.29 is 4.39 Å². The largest absolute Gasteiger partial charge is 0.306 e. The van der Waals surface area contributed by atoms with Crippen LogP contribution in [-0.2, 0) is 6.54 Å². The summed E-state index contributed by atoms with van der Waals surface area (Å²) in [4.78, 5) is 0. The standard InChI is InChI=1S/C19H24FN/c1-13(2)19(16-8-10-17(20)11-9-16)21-12-18-14(3)6-5-7-15(18)4/h5-11,13,19,21H,12H2,1-4H3. The summed E-state index contributed by atoms with van der Waals surface area (Å²) in [6, 6.07) is 13.4. The number of aryl methyl sites for hydroxylation is 2. The average molecular weight is 285 g/mol. The molecule has 112 valence electrons. The van der Waals surface area contributed by atoms with Crippen LogP contribution in [0.3, 0.4) is 0 Å². The van der Waals surface area contributed by atoms with Gasteiger partial charge >= 0.3 is 0 Å². The average Bonchev–Trinajstić information content (AvgIpc) is 2.43. The first-order chi connectivity index (χ1) is 9.99. The molecule has 0 aliphatic rings. The predicted molar refractivity (Wildman–Crippen MR) is 86.7 cm³/mol. The van der Waals surface area contributed by atoms with Gasteiger partial charge in [0.2, 0.25) is 0 Å². The van der Waals surface area contributed by atoms with Gasteiger partial charge in [0.1, 0.15) is 5.82 Å². The Morgan fingerprint density at radius 1 is 0.952 bits per heavy atom. The molecule has 0 heterocycles. The van der Waals surface area contributed by atoms with Crippen LogP contribution >= 0.6 is 0 Å². The fourth-order valence-electron chi connectivity index (χ4n) is 2.75. The van der Waals surface area contributed by atoms with Crippen molar-refractivity contribution in [2.75, 3.05) is 0 Å². The number of rotatable bonds is 5. The van der Waals surface area contributed by atoms with Gasteiger partial charge in [0.25, 0.3) is 0 Å². The van der Waals surface area contributed by atoms with Crippen LogP contribution in [0.4, 0.5) is 4.39 Å². The van der Waals surface area contributed by atoms with Crippen LogP contribution in [0.5, 0.6) is 0 Å². The zero-order valence-corrected chi connectivity index (χ0v) is 13.3. The van der Waals surface area contributed by atoms with Crippen molar-refractivity contribution in [3.8, 4) is 0 Å². The molecule has 0 amide bonds. The Balaban J connectivity index is 2.16. The third kappa shape index (κ3) is 3.92. The predicted octanol–water partition coefficient (Wildman–Crippen LogP) is 4.93. The molecular weight excluding hydrogens is 261 g/mol. The SMILES string of the molecule is Cc1cccc(C)c1CNC(c1ccc(F)cc1)C(C)C. The van der Waals surface area contributed by atoms with E-state index in [2.05, 4.69) is 51.2 Å². The number of benzene rings is 2. The van der Waals surface area contributed by atoms with Gasteiger partial charge in [0, 0.05) is 12.6 Å². The molecule has 1 atom stereocenters. The van der Waals surface area contributed by atoms with Gasteiger partial charge < -0.3 is 5.32 Å². The van der Waals surface area contributed by atoms with Gasteiger partial charge in [-0.2, -0.15) is 0 Å². The Morgan fingerprint density at radius 2 is 1.52 bits per heavy atom. The quantitative estimate of drug-likeness (QED) is 0.821. The molecule has 0 aliphatic carbocycles. The third-order valence-corrected chi connectivity index (χ3v) is 4.04. The van der Waals surface area contributed by atoms with E-state index in [0.29, 0.717) is 5.92 Å². The molecule has 0 radical (unpaired) electrons. The van der Waals surface area contributed by atoms with E-state index in [9.17, 15) is 4.39 Å². The highest BCUT2D eigenvalue weighted by molar-refractivity contribution is 5.33. The second kappa shape index (κ2) is 6.86. The summed E-state index contributed by atoms with van der Waals surface area (Å²) in [6.07, 6.45) is 0. The molecule has 0 saturated carbocycles. The summed E-state index contributed by atoms with van der Waals surface area (Å²) in [5, 5.41) is 3.63. The van der Waals surface area contributed by atoms with Gasteiger partial charge in [-0.1, -0.05) is 44.2 Å². The summed E-state index contributed by atoms with van der Waals surface area (Å²) in [7, 11) is 0. The number of hydrogen-bond acceptors (Lipinski definition) is 1. The van der Waals surface area contributed by atoms with E-state index in [-0.39, 0.29) is 11.9 Å². The zero-order valence-electron chi connectivity index (χ0n) is 13.3. The molecule has 2 aromatic carbocycles. The van der Waals surface area contributed by atoms with Crippen molar-refractivity contribution in [1.29, 1.82) is 0 Å². The molecule has 2 aromatic rings. The topological polar surface area (TPSA) is 12.0 Å². The summed E-state index contributed by atoms with van der Waals surface area (Å²) < 4.78 is 13.1. The van der Waals surface area contributed by atoms with Crippen LogP contribution in [0.25, 0.3) is 0 Å². The molecule has 0 aromatic heterocycles. The molecule has 1 N–H and O–H groups in total. The van der Waals surface area contributed by atoms with Crippen molar-refractivity contribution >= 4 is 0 Å². The summed E-state index contributed by atoms with van der Waals surface area (Å²) in [6.45, 7) is 9.49. The van der Waals surface area contributed by atoms with Gasteiger partial charge in [0.05, 0.1) is 0 Å². The van der Waals surface area contributed by atoms with Crippen LogP contribution in [0.15, 0.2) is 42.5 Å². The maximum absolute atomic E-state index is 13.1. The minimum atomic E-state index is -0.184. The first kappa shape index (κ1) is 15.7. The molecule has 0 aliphatic heterocycles.